The summed E-state index contributed by atoms with van der Waals surface area (Å²) in [7, 11) is -2.27. The number of hydrogen-bond donors (Lipinski definition) is 1. The summed E-state index contributed by atoms with van der Waals surface area (Å²) in [4.78, 5) is -0.0923. The molecule has 1 heterocycles. The first-order chi connectivity index (χ1) is 11.4. The zero-order valence-electron chi connectivity index (χ0n) is 12.8. The minimum absolute atomic E-state index is 0.0923. The maximum absolute atomic E-state index is 13.2. The lowest BCUT2D eigenvalue weighted by atomic mass is 10.0. The van der Waals surface area contributed by atoms with E-state index in [-0.39, 0.29) is 16.5 Å². The summed E-state index contributed by atoms with van der Waals surface area (Å²) in [5.41, 5.74) is 0.852. The van der Waals surface area contributed by atoms with Crippen molar-refractivity contribution < 1.29 is 22.3 Å². The second kappa shape index (κ2) is 6.58. The van der Waals surface area contributed by atoms with Gasteiger partial charge < -0.3 is 9.47 Å². The van der Waals surface area contributed by atoms with Crippen molar-refractivity contribution in [2.75, 3.05) is 13.7 Å². The van der Waals surface area contributed by atoms with Crippen LogP contribution in [0.3, 0.4) is 0 Å². The second-order valence-electron chi connectivity index (χ2n) is 5.38. The predicted octanol–water partition coefficient (Wildman–Crippen LogP) is 2.77. The van der Waals surface area contributed by atoms with E-state index in [9.17, 15) is 12.8 Å². The van der Waals surface area contributed by atoms with E-state index in [0.29, 0.717) is 17.9 Å². The van der Waals surface area contributed by atoms with E-state index in [1.54, 1.807) is 19.2 Å². The molecule has 1 aliphatic rings. The van der Waals surface area contributed by atoms with Gasteiger partial charge in [-0.2, -0.15) is 0 Å². The number of fused-ring (bicyclic) bond motifs is 1. The van der Waals surface area contributed by atoms with Crippen LogP contribution >= 0.6 is 11.6 Å². The number of nitrogens with one attached hydrogen (secondary N) is 1. The fourth-order valence-electron chi connectivity index (χ4n) is 2.51. The van der Waals surface area contributed by atoms with Crippen LogP contribution in [0.2, 0.25) is 5.02 Å². The zero-order chi connectivity index (χ0) is 17.3. The van der Waals surface area contributed by atoms with Gasteiger partial charge in [-0.1, -0.05) is 11.6 Å². The lowest BCUT2D eigenvalue weighted by Gasteiger charge is -2.26. The molecule has 0 amide bonds. The van der Waals surface area contributed by atoms with Crippen LogP contribution in [0.1, 0.15) is 5.56 Å². The van der Waals surface area contributed by atoms with Gasteiger partial charge in [-0.25, -0.2) is 17.5 Å². The number of halogens is 2. The maximum atomic E-state index is 13.2. The zero-order valence-corrected chi connectivity index (χ0v) is 14.3. The highest BCUT2D eigenvalue weighted by atomic mass is 35.5. The molecule has 0 saturated heterocycles. The van der Waals surface area contributed by atoms with Crippen LogP contribution in [-0.2, 0) is 16.4 Å². The third-order valence-corrected chi connectivity index (χ3v) is 5.50. The van der Waals surface area contributed by atoms with Crippen LogP contribution in [0.5, 0.6) is 11.5 Å². The summed E-state index contributed by atoms with van der Waals surface area (Å²) < 4.78 is 51.4. The average Bonchev–Trinajstić information content (AvgIpc) is 2.56. The van der Waals surface area contributed by atoms with Gasteiger partial charge in [0.1, 0.15) is 23.9 Å². The van der Waals surface area contributed by atoms with Gasteiger partial charge >= 0.3 is 0 Å². The molecule has 1 atom stereocenters. The molecular weight excluding hydrogens is 357 g/mol. The largest absolute Gasteiger partial charge is 0.497 e. The van der Waals surface area contributed by atoms with Crippen molar-refractivity contribution in [3.8, 4) is 11.5 Å². The summed E-state index contributed by atoms with van der Waals surface area (Å²) in [6, 6.07) is 8.21. The normalized spacial score (nSPS) is 17.0. The molecule has 2 aromatic carbocycles. The third kappa shape index (κ3) is 3.48. The van der Waals surface area contributed by atoms with E-state index in [0.717, 1.165) is 17.7 Å². The molecule has 24 heavy (non-hydrogen) atoms. The van der Waals surface area contributed by atoms with Crippen LogP contribution in [0, 0.1) is 5.82 Å². The SMILES string of the molecule is COc1ccc2c(c1)C[C@@H](NS(=O)(=O)c1ccc(F)c(Cl)c1)CO2. The molecule has 2 aromatic rings. The van der Waals surface area contributed by atoms with Crippen molar-refractivity contribution in [3.63, 3.8) is 0 Å². The molecule has 0 bridgehead atoms. The Hall–Kier alpha value is -1.83. The first kappa shape index (κ1) is 17.0. The van der Waals surface area contributed by atoms with Gasteiger partial charge in [0.05, 0.1) is 23.1 Å². The molecule has 0 spiro atoms. The number of hydrogen-bond acceptors (Lipinski definition) is 4. The Kier molecular flexibility index (Phi) is 4.67. The first-order valence-electron chi connectivity index (χ1n) is 7.16. The van der Waals surface area contributed by atoms with Gasteiger partial charge in [-0.05, 0) is 48.4 Å². The molecule has 8 heteroatoms. The van der Waals surface area contributed by atoms with E-state index in [2.05, 4.69) is 4.72 Å². The van der Waals surface area contributed by atoms with E-state index in [4.69, 9.17) is 21.1 Å². The lowest BCUT2D eigenvalue weighted by molar-refractivity contribution is 0.253. The Morgan fingerprint density at radius 3 is 2.79 bits per heavy atom. The predicted molar refractivity (Wildman–Crippen MR) is 87.7 cm³/mol. The molecule has 0 radical (unpaired) electrons. The molecule has 128 valence electrons. The lowest BCUT2D eigenvalue weighted by Crippen LogP contribution is -2.42. The molecule has 0 fully saturated rings. The van der Waals surface area contributed by atoms with Crippen LogP contribution in [0.4, 0.5) is 4.39 Å². The molecular formula is C16H15ClFNO4S. The first-order valence-corrected chi connectivity index (χ1v) is 9.02. The number of benzene rings is 2. The Bertz CT molecular complexity index is 872. The highest BCUT2D eigenvalue weighted by Gasteiger charge is 2.26. The van der Waals surface area contributed by atoms with Crippen LogP contribution in [-0.4, -0.2) is 28.2 Å². The molecule has 5 nitrogen and oxygen atoms in total. The van der Waals surface area contributed by atoms with Crippen molar-refractivity contribution in [1.82, 2.24) is 4.72 Å². The molecule has 0 saturated carbocycles. The van der Waals surface area contributed by atoms with Crippen LogP contribution in [0.25, 0.3) is 0 Å². The summed E-state index contributed by atoms with van der Waals surface area (Å²) in [5, 5.41) is -0.243. The molecule has 1 aliphatic heterocycles. The van der Waals surface area contributed by atoms with Crippen molar-refractivity contribution in [3.05, 3.63) is 52.8 Å². The Morgan fingerprint density at radius 1 is 1.29 bits per heavy atom. The molecule has 0 unspecified atom stereocenters. The van der Waals surface area contributed by atoms with E-state index >= 15 is 0 Å². The second-order valence-corrected chi connectivity index (χ2v) is 7.50. The van der Waals surface area contributed by atoms with E-state index in [1.807, 2.05) is 6.07 Å². The number of ether oxygens (including phenoxy) is 2. The smallest absolute Gasteiger partial charge is 0.241 e. The molecule has 0 aromatic heterocycles. The van der Waals surface area contributed by atoms with Gasteiger partial charge in [0.2, 0.25) is 10.0 Å². The molecule has 3 rings (SSSR count). The van der Waals surface area contributed by atoms with Gasteiger partial charge in [0, 0.05) is 0 Å². The van der Waals surface area contributed by atoms with Crippen LogP contribution in [0.15, 0.2) is 41.3 Å². The van der Waals surface area contributed by atoms with E-state index < -0.39 is 21.9 Å². The summed E-state index contributed by atoms with van der Waals surface area (Å²) in [6.07, 6.45) is 0.459. The number of rotatable bonds is 4. The van der Waals surface area contributed by atoms with Crippen molar-refractivity contribution >= 4 is 21.6 Å². The third-order valence-electron chi connectivity index (χ3n) is 3.70. The van der Waals surface area contributed by atoms with Crippen molar-refractivity contribution in [1.29, 1.82) is 0 Å². The number of sulfonamides is 1. The average molecular weight is 372 g/mol. The highest BCUT2D eigenvalue weighted by molar-refractivity contribution is 7.89. The quantitative estimate of drug-likeness (QED) is 0.897. The fourth-order valence-corrected chi connectivity index (χ4v) is 4.00. The van der Waals surface area contributed by atoms with Crippen molar-refractivity contribution in [2.45, 2.75) is 17.4 Å². The monoisotopic (exact) mass is 371 g/mol. The van der Waals surface area contributed by atoms with Gasteiger partial charge in [0.25, 0.3) is 0 Å². The highest BCUT2D eigenvalue weighted by Crippen LogP contribution is 2.29. The van der Waals surface area contributed by atoms with Gasteiger partial charge in [0.15, 0.2) is 0 Å². The summed E-state index contributed by atoms with van der Waals surface area (Å²) in [6.45, 7) is 0.202. The van der Waals surface area contributed by atoms with Gasteiger partial charge in [-0.3, -0.25) is 0 Å². The topological polar surface area (TPSA) is 64.6 Å². The minimum atomic E-state index is -3.83. The van der Waals surface area contributed by atoms with Crippen molar-refractivity contribution in [2.24, 2.45) is 0 Å². The summed E-state index contributed by atoms with van der Waals surface area (Å²) in [5.74, 6) is 0.708. The summed E-state index contributed by atoms with van der Waals surface area (Å²) >= 11 is 5.66. The van der Waals surface area contributed by atoms with E-state index in [1.165, 1.54) is 6.07 Å². The Morgan fingerprint density at radius 2 is 2.08 bits per heavy atom. The fraction of sp³-hybridized carbons (Fsp3) is 0.250. The Balaban J connectivity index is 1.79. The minimum Gasteiger partial charge on any atom is -0.497 e. The number of methoxy groups -OCH3 is 1. The maximum Gasteiger partial charge on any atom is 0.241 e. The molecule has 1 N–H and O–H groups in total. The van der Waals surface area contributed by atoms with Crippen LogP contribution < -0.4 is 14.2 Å². The molecule has 0 aliphatic carbocycles. The van der Waals surface area contributed by atoms with Gasteiger partial charge in [-0.15, -0.1) is 0 Å². The Labute approximate surface area is 144 Å². The standard InChI is InChI=1S/C16H15ClFNO4S/c1-22-12-2-5-16-10(7-12)6-11(9-23-16)19-24(20,21)13-3-4-15(18)14(17)8-13/h2-5,7-8,11,19H,6,9H2,1H3/t11-/m1/s1.